The number of rotatable bonds is 16. The molecule has 0 aromatic heterocycles. The van der Waals surface area contributed by atoms with Crippen LogP contribution in [0.4, 0.5) is 0 Å². The van der Waals surface area contributed by atoms with E-state index in [0.29, 0.717) is 26.1 Å². The third kappa shape index (κ3) is 12.2. The van der Waals surface area contributed by atoms with Crippen molar-refractivity contribution in [2.24, 2.45) is 0 Å². The predicted octanol–water partition coefficient (Wildman–Crippen LogP) is 3.19. The van der Waals surface area contributed by atoms with E-state index in [9.17, 15) is 14.7 Å². The second kappa shape index (κ2) is 15.2. The zero-order chi connectivity index (χ0) is 19.7. The summed E-state index contributed by atoms with van der Waals surface area (Å²) in [6.07, 6.45) is 6.81. The van der Waals surface area contributed by atoms with Gasteiger partial charge in [0.15, 0.2) is 0 Å². The van der Waals surface area contributed by atoms with Gasteiger partial charge in [-0.2, -0.15) is 0 Å². The summed E-state index contributed by atoms with van der Waals surface area (Å²) in [7, 11) is 1.66. The molecule has 0 saturated heterocycles. The molecule has 1 rings (SSSR count). The fraction of sp³-hybridized carbons (Fsp3) is 0.619. The number of nitrogens with one attached hydrogen (secondary N) is 1. The first-order valence-corrected chi connectivity index (χ1v) is 9.76. The van der Waals surface area contributed by atoms with E-state index in [1.54, 1.807) is 7.11 Å². The van der Waals surface area contributed by atoms with Crippen LogP contribution in [-0.2, 0) is 25.5 Å². The molecule has 0 heterocycles. The van der Waals surface area contributed by atoms with Crippen LogP contribution in [0, 0.1) is 0 Å². The van der Waals surface area contributed by atoms with Gasteiger partial charge in [0, 0.05) is 26.6 Å². The summed E-state index contributed by atoms with van der Waals surface area (Å²) in [6, 6.07) is 8.46. The highest BCUT2D eigenvalue weighted by Gasteiger charge is 2.19. The summed E-state index contributed by atoms with van der Waals surface area (Å²) in [5.41, 5.74) is 0.899. The van der Waals surface area contributed by atoms with Gasteiger partial charge in [-0.25, -0.2) is 4.79 Å². The Bertz CT molecular complexity index is 521. The quantitative estimate of drug-likeness (QED) is 0.431. The molecule has 0 radical (unpaired) electrons. The van der Waals surface area contributed by atoms with Crippen LogP contribution in [0.2, 0.25) is 0 Å². The van der Waals surface area contributed by atoms with Gasteiger partial charge < -0.3 is 19.9 Å². The van der Waals surface area contributed by atoms with E-state index in [1.807, 2.05) is 30.3 Å². The first-order chi connectivity index (χ1) is 13.1. The highest BCUT2D eigenvalue weighted by molar-refractivity contribution is 5.83. The monoisotopic (exact) mass is 379 g/mol. The molecule has 152 valence electrons. The summed E-state index contributed by atoms with van der Waals surface area (Å²) >= 11 is 0. The van der Waals surface area contributed by atoms with E-state index in [0.717, 1.165) is 50.7 Å². The number of carbonyl (C=O) groups excluding carboxylic acids is 1. The Morgan fingerprint density at radius 2 is 1.63 bits per heavy atom. The molecule has 0 aliphatic carbocycles. The molecule has 1 aromatic rings. The molecule has 0 bridgehead atoms. The average Bonchev–Trinajstić information content (AvgIpc) is 2.66. The van der Waals surface area contributed by atoms with E-state index in [4.69, 9.17) is 9.47 Å². The van der Waals surface area contributed by atoms with Crippen molar-refractivity contribution in [3.8, 4) is 0 Å². The van der Waals surface area contributed by atoms with Gasteiger partial charge in [0.2, 0.25) is 5.91 Å². The second-order valence-electron chi connectivity index (χ2n) is 6.62. The van der Waals surface area contributed by atoms with Crippen molar-refractivity contribution in [3.05, 3.63) is 35.9 Å². The van der Waals surface area contributed by atoms with Gasteiger partial charge in [0.05, 0.1) is 13.2 Å². The Hall–Kier alpha value is -1.92. The second-order valence-corrected chi connectivity index (χ2v) is 6.62. The molecule has 6 nitrogen and oxygen atoms in total. The number of carboxylic acids is 1. The van der Waals surface area contributed by atoms with Crippen molar-refractivity contribution >= 4 is 11.9 Å². The van der Waals surface area contributed by atoms with Crippen molar-refractivity contribution in [1.82, 2.24) is 5.32 Å². The largest absolute Gasteiger partial charge is 0.480 e. The maximum Gasteiger partial charge on any atom is 0.326 e. The number of methoxy groups -OCH3 is 1. The highest BCUT2D eigenvalue weighted by Crippen LogP contribution is 2.08. The molecule has 1 amide bonds. The van der Waals surface area contributed by atoms with Crippen LogP contribution in [0.3, 0.4) is 0 Å². The first-order valence-electron chi connectivity index (χ1n) is 9.76. The number of hydrogen-bond acceptors (Lipinski definition) is 4. The lowest BCUT2D eigenvalue weighted by atomic mass is 10.1. The van der Waals surface area contributed by atoms with Crippen LogP contribution in [0.25, 0.3) is 0 Å². The number of amides is 1. The Balaban J connectivity index is 2.07. The number of carbonyl (C=O) groups is 2. The van der Waals surface area contributed by atoms with E-state index in [-0.39, 0.29) is 5.91 Å². The van der Waals surface area contributed by atoms with Gasteiger partial charge in [-0.3, -0.25) is 4.79 Å². The Morgan fingerprint density at radius 1 is 0.963 bits per heavy atom. The number of hydrogen-bond donors (Lipinski definition) is 2. The van der Waals surface area contributed by atoms with Crippen molar-refractivity contribution in [2.75, 3.05) is 26.9 Å². The minimum Gasteiger partial charge on any atom is -0.480 e. The molecular weight excluding hydrogens is 346 g/mol. The lowest BCUT2D eigenvalue weighted by Gasteiger charge is -2.14. The SMILES string of the molecule is COCCOCCCCCCCCC(=O)NC(Cc1ccccc1)C(=O)O. The maximum absolute atomic E-state index is 12.0. The zero-order valence-corrected chi connectivity index (χ0v) is 16.3. The summed E-state index contributed by atoms with van der Waals surface area (Å²) in [5, 5.41) is 11.9. The van der Waals surface area contributed by atoms with Gasteiger partial charge in [0.25, 0.3) is 0 Å². The van der Waals surface area contributed by atoms with Crippen molar-refractivity contribution in [3.63, 3.8) is 0 Å². The molecular formula is C21H33NO5. The van der Waals surface area contributed by atoms with Crippen molar-refractivity contribution in [2.45, 2.75) is 57.4 Å². The van der Waals surface area contributed by atoms with Gasteiger partial charge in [-0.15, -0.1) is 0 Å². The molecule has 2 N–H and O–H groups in total. The molecule has 0 spiro atoms. The van der Waals surface area contributed by atoms with Crippen LogP contribution < -0.4 is 5.32 Å². The molecule has 1 unspecified atom stereocenters. The molecule has 27 heavy (non-hydrogen) atoms. The molecule has 0 saturated carbocycles. The van der Waals surface area contributed by atoms with E-state index in [1.165, 1.54) is 0 Å². The molecule has 0 aliphatic heterocycles. The third-order valence-electron chi connectivity index (χ3n) is 4.29. The van der Waals surface area contributed by atoms with Crippen LogP contribution in [0.5, 0.6) is 0 Å². The van der Waals surface area contributed by atoms with Crippen molar-refractivity contribution in [1.29, 1.82) is 0 Å². The molecule has 0 fully saturated rings. The Labute approximate surface area is 162 Å². The lowest BCUT2D eigenvalue weighted by molar-refractivity contribution is -0.141. The molecule has 0 aliphatic rings. The summed E-state index contributed by atoms with van der Waals surface area (Å²) in [6.45, 7) is 2.05. The zero-order valence-electron chi connectivity index (χ0n) is 16.3. The number of unbranched alkanes of at least 4 members (excludes halogenated alkanes) is 5. The molecule has 1 aromatic carbocycles. The first kappa shape index (κ1) is 23.1. The number of benzene rings is 1. The number of aliphatic carboxylic acids is 1. The third-order valence-corrected chi connectivity index (χ3v) is 4.29. The van der Waals surface area contributed by atoms with Crippen LogP contribution in [-0.4, -0.2) is 50.0 Å². The van der Waals surface area contributed by atoms with Gasteiger partial charge in [0.1, 0.15) is 6.04 Å². The van der Waals surface area contributed by atoms with E-state index < -0.39 is 12.0 Å². The maximum atomic E-state index is 12.0. The van der Waals surface area contributed by atoms with E-state index >= 15 is 0 Å². The lowest BCUT2D eigenvalue weighted by Crippen LogP contribution is -2.42. The van der Waals surface area contributed by atoms with E-state index in [2.05, 4.69) is 5.32 Å². The standard InChI is InChI=1S/C21H33NO5/c1-26-15-16-27-14-10-5-3-2-4-9-13-20(23)22-19(21(24)25)17-18-11-7-6-8-12-18/h6-8,11-12,19H,2-5,9-10,13-17H2,1H3,(H,22,23)(H,24,25). The van der Waals surface area contributed by atoms with Crippen molar-refractivity contribution < 1.29 is 24.2 Å². The van der Waals surface area contributed by atoms with Gasteiger partial charge in [-0.05, 0) is 18.4 Å². The van der Waals surface area contributed by atoms with Gasteiger partial charge in [-0.1, -0.05) is 56.0 Å². The fourth-order valence-corrected chi connectivity index (χ4v) is 2.76. The molecule has 1 atom stereocenters. The fourth-order valence-electron chi connectivity index (χ4n) is 2.76. The molecule has 6 heteroatoms. The summed E-state index contributed by atoms with van der Waals surface area (Å²) in [5.74, 6) is -1.19. The van der Waals surface area contributed by atoms with Crippen LogP contribution in [0.15, 0.2) is 30.3 Å². The van der Waals surface area contributed by atoms with Crippen LogP contribution in [0.1, 0.15) is 50.5 Å². The topological polar surface area (TPSA) is 84.9 Å². The summed E-state index contributed by atoms with van der Waals surface area (Å²) in [4.78, 5) is 23.4. The normalized spacial score (nSPS) is 11.9. The minimum atomic E-state index is -1.00. The Morgan fingerprint density at radius 3 is 2.30 bits per heavy atom. The summed E-state index contributed by atoms with van der Waals surface area (Å²) < 4.78 is 10.3. The number of ether oxygens (including phenoxy) is 2. The highest BCUT2D eigenvalue weighted by atomic mass is 16.5. The number of carboxylic acid groups (broad SMARTS) is 1. The van der Waals surface area contributed by atoms with Crippen LogP contribution >= 0.6 is 0 Å². The average molecular weight is 379 g/mol. The predicted molar refractivity (Wildman–Crippen MR) is 105 cm³/mol. The smallest absolute Gasteiger partial charge is 0.326 e. The van der Waals surface area contributed by atoms with Gasteiger partial charge >= 0.3 is 5.97 Å². The Kier molecular flexibility index (Phi) is 13.0. The minimum absolute atomic E-state index is 0.190.